The first-order valence-electron chi connectivity index (χ1n) is 8.98. The Morgan fingerprint density at radius 2 is 1.85 bits per heavy atom. The zero-order valence-corrected chi connectivity index (χ0v) is 16.0. The fourth-order valence-corrected chi connectivity index (χ4v) is 3.49. The fraction of sp³-hybridized carbons (Fsp3) is 0.556. The number of piperazine rings is 1. The van der Waals surface area contributed by atoms with Gasteiger partial charge in [0.25, 0.3) is 0 Å². The highest BCUT2D eigenvalue weighted by Gasteiger charge is 2.23. The van der Waals surface area contributed by atoms with E-state index in [2.05, 4.69) is 20.0 Å². The van der Waals surface area contributed by atoms with Crippen molar-refractivity contribution in [1.82, 2.24) is 24.6 Å². The zero-order valence-electron chi connectivity index (χ0n) is 16.0. The molecule has 0 aliphatic carbocycles. The van der Waals surface area contributed by atoms with Crippen LogP contribution in [0, 0.1) is 20.8 Å². The summed E-state index contributed by atoms with van der Waals surface area (Å²) in [4.78, 5) is 25.1. The molecule has 0 aromatic carbocycles. The minimum absolute atomic E-state index is 0.200. The number of hydrogen-bond acceptors (Lipinski definition) is 6. The topological polar surface area (TPSA) is 93.2 Å². The first-order chi connectivity index (χ1) is 12.3. The Morgan fingerprint density at radius 3 is 2.42 bits per heavy atom. The average Bonchev–Trinajstić information content (AvgIpc) is 2.84. The minimum atomic E-state index is 0.200. The largest absolute Gasteiger partial charge is 0.368 e. The molecule has 3 rings (SSSR count). The Balaban J connectivity index is 1.55. The fourth-order valence-electron chi connectivity index (χ4n) is 3.49. The number of nitrogen functional groups attached to an aromatic ring is 1. The number of rotatable bonds is 4. The van der Waals surface area contributed by atoms with Crippen molar-refractivity contribution >= 4 is 17.7 Å². The highest BCUT2D eigenvalue weighted by Crippen LogP contribution is 2.18. The number of aromatic nitrogens is 4. The number of aryl methyl sites for hydroxylation is 3. The summed E-state index contributed by atoms with van der Waals surface area (Å²) in [6.07, 6.45) is 1.26. The summed E-state index contributed by atoms with van der Waals surface area (Å²) in [6, 6.07) is 1.93. The molecule has 1 amide bonds. The second-order valence-electron chi connectivity index (χ2n) is 6.87. The summed E-state index contributed by atoms with van der Waals surface area (Å²) < 4.78 is 1.88. The van der Waals surface area contributed by atoms with Crippen LogP contribution in [0.15, 0.2) is 6.07 Å². The third-order valence-corrected chi connectivity index (χ3v) is 5.06. The first kappa shape index (κ1) is 18.2. The van der Waals surface area contributed by atoms with Crippen LogP contribution in [0.3, 0.4) is 0 Å². The van der Waals surface area contributed by atoms with Crippen molar-refractivity contribution in [3.63, 3.8) is 0 Å². The number of carbonyl (C=O) groups excluding carboxylic acids is 1. The van der Waals surface area contributed by atoms with E-state index in [1.54, 1.807) is 0 Å². The van der Waals surface area contributed by atoms with Crippen molar-refractivity contribution < 1.29 is 4.79 Å². The number of nitrogens with two attached hydrogens (primary N) is 1. The van der Waals surface area contributed by atoms with Crippen LogP contribution in [-0.2, 0) is 18.3 Å². The lowest BCUT2D eigenvalue weighted by Crippen LogP contribution is -2.49. The second-order valence-corrected chi connectivity index (χ2v) is 6.87. The van der Waals surface area contributed by atoms with Crippen LogP contribution >= 0.6 is 0 Å². The van der Waals surface area contributed by atoms with Crippen LogP contribution < -0.4 is 10.6 Å². The third-order valence-electron chi connectivity index (χ3n) is 5.06. The van der Waals surface area contributed by atoms with Crippen LogP contribution in [0.2, 0.25) is 0 Å². The lowest BCUT2D eigenvalue weighted by Gasteiger charge is -2.35. The third kappa shape index (κ3) is 3.79. The van der Waals surface area contributed by atoms with E-state index in [0.717, 1.165) is 42.4 Å². The molecule has 1 saturated heterocycles. The molecule has 26 heavy (non-hydrogen) atoms. The molecule has 2 aromatic heterocycles. The molecule has 1 fully saturated rings. The Bertz CT molecular complexity index is 786. The van der Waals surface area contributed by atoms with Crippen molar-refractivity contribution in [2.24, 2.45) is 7.05 Å². The first-order valence-corrected chi connectivity index (χ1v) is 8.98. The van der Waals surface area contributed by atoms with Gasteiger partial charge in [-0.2, -0.15) is 10.1 Å². The van der Waals surface area contributed by atoms with E-state index in [0.29, 0.717) is 25.5 Å². The van der Waals surface area contributed by atoms with Gasteiger partial charge in [0, 0.05) is 57.1 Å². The maximum absolute atomic E-state index is 12.6. The normalized spacial score (nSPS) is 14.8. The number of amides is 1. The molecule has 140 valence electrons. The van der Waals surface area contributed by atoms with Crippen LogP contribution in [0.5, 0.6) is 0 Å². The van der Waals surface area contributed by atoms with Gasteiger partial charge in [-0.25, -0.2) is 4.98 Å². The van der Waals surface area contributed by atoms with Gasteiger partial charge in [0.15, 0.2) is 0 Å². The molecule has 8 heteroatoms. The van der Waals surface area contributed by atoms with Gasteiger partial charge in [0.1, 0.15) is 5.82 Å². The van der Waals surface area contributed by atoms with Gasteiger partial charge in [-0.3, -0.25) is 9.48 Å². The van der Waals surface area contributed by atoms with Gasteiger partial charge in [-0.15, -0.1) is 0 Å². The summed E-state index contributed by atoms with van der Waals surface area (Å²) in [5.41, 5.74) is 9.93. The Kier molecular flexibility index (Phi) is 5.11. The number of hydrogen-bond donors (Lipinski definition) is 1. The summed E-state index contributed by atoms with van der Waals surface area (Å²) in [7, 11) is 1.94. The molecule has 3 heterocycles. The van der Waals surface area contributed by atoms with Crippen LogP contribution in [-0.4, -0.2) is 56.7 Å². The van der Waals surface area contributed by atoms with E-state index in [9.17, 15) is 4.79 Å². The van der Waals surface area contributed by atoms with Gasteiger partial charge in [0.2, 0.25) is 11.9 Å². The summed E-state index contributed by atoms with van der Waals surface area (Å²) in [6.45, 7) is 8.87. The van der Waals surface area contributed by atoms with Crippen molar-refractivity contribution in [1.29, 1.82) is 0 Å². The van der Waals surface area contributed by atoms with E-state index in [1.807, 2.05) is 43.5 Å². The number of nitrogens with zero attached hydrogens (tertiary/aromatic N) is 6. The quantitative estimate of drug-likeness (QED) is 0.877. The van der Waals surface area contributed by atoms with E-state index >= 15 is 0 Å². The maximum Gasteiger partial charge on any atom is 0.223 e. The average molecular weight is 357 g/mol. The van der Waals surface area contributed by atoms with Crippen molar-refractivity contribution in [3.05, 3.63) is 28.7 Å². The molecule has 1 aliphatic heterocycles. The van der Waals surface area contributed by atoms with Crippen molar-refractivity contribution in [2.75, 3.05) is 36.8 Å². The van der Waals surface area contributed by atoms with Crippen LogP contribution in [0.1, 0.15) is 29.1 Å². The molecular weight excluding hydrogens is 330 g/mol. The van der Waals surface area contributed by atoms with E-state index in [1.165, 1.54) is 5.56 Å². The highest BCUT2D eigenvalue weighted by molar-refractivity contribution is 5.76. The smallest absolute Gasteiger partial charge is 0.223 e. The molecule has 0 spiro atoms. The summed E-state index contributed by atoms with van der Waals surface area (Å²) >= 11 is 0. The molecule has 2 aromatic rings. The van der Waals surface area contributed by atoms with Crippen LogP contribution in [0.25, 0.3) is 0 Å². The highest BCUT2D eigenvalue weighted by atomic mass is 16.2. The van der Waals surface area contributed by atoms with Gasteiger partial charge >= 0.3 is 0 Å². The van der Waals surface area contributed by atoms with E-state index in [4.69, 9.17) is 5.73 Å². The molecule has 2 N–H and O–H groups in total. The van der Waals surface area contributed by atoms with Gasteiger partial charge in [0.05, 0.1) is 5.69 Å². The molecule has 8 nitrogen and oxygen atoms in total. The molecule has 1 aliphatic rings. The molecule has 0 saturated carbocycles. The van der Waals surface area contributed by atoms with Crippen molar-refractivity contribution in [3.8, 4) is 0 Å². The lowest BCUT2D eigenvalue weighted by atomic mass is 10.1. The van der Waals surface area contributed by atoms with Gasteiger partial charge in [-0.05, 0) is 32.8 Å². The Hall–Kier alpha value is -2.64. The molecular formula is C18H27N7O. The zero-order chi connectivity index (χ0) is 18.8. The predicted molar refractivity (Wildman–Crippen MR) is 101 cm³/mol. The Labute approximate surface area is 154 Å². The lowest BCUT2D eigenvalue weighted by molar-refractivity contribution is -0.131. The standard InChI is InChI=1S/C18H27N7O/c1-12-11-16(21-18(19)20-12)24-7-9-25(10-8-24)17(26)6-5-15-13(2)22-23(4)14(15)3/h11H,5-10H2,1-4H3,(H2,19,20,21). The van der Waals surface area contributed by atoms with Gasteiger partial charge < -0.3 is 15.5 Å². The SMILES string of the molecule is Cc1cc(N2CCN(C(=O)CCc3c(C)nn(C)c3C)CC2)nc(N)n1. The molecule has 0 bridgehead atoms. The van der Waals surface area contributed by atoms with Gasteiger partial charge in [-0.1, -0.05) is 0 Å². The maximum atomic E-state index is 12.6. The van der Waals surface area contributed by atoms with E-state index in [-0.39, 0.29) is 5.91 Å². The summed E-state index contributed by atoms with van der Waals surface area (Å²) in [5, 5.41) is 4.42. The molecule has 0 radical (unpaired) electrons. The number of carbonyl (C=O) groups is 1. The number of anilines is 2. The Morgan fingerprint density at radius 1 is 1.15 bits per heavy atom. The second kappa shape index (κ2) is 7.31. The van der Waals surface area contributed by atoms with Crippen LogP contribution in [0.4, 0.5) is 11.8 Å². The van der Waals surface area contributed by atoms with Crippen molar-refractivity contribution in [2.45, 2.75) is 33.6 Å². The molecule has 0 unspecified atom stereocenters. The summed E-state index contributed by atoms with van der Waals surface area (Å²) in [5.74, 6) is 1.33. The van der Waals surface area contributed by atoms with E-state index < -0.39 is 0 Å². The molecule has 0 atom stereocenters. The monoisotopic (exact) mass is 357 g/mol. The predicted octanol–water partition coefficient (Wildman–Crippen LogP) is 0.999. The minimum Gasteiger partial charge on any atom is -0.368 e.